The molecule has 0 amide bonds. The second kappa shape index (κ2) is 6.23. The number of nitrogens with zero attached hydrogens (tertiary/aromatic N) is 2. The number of rotatable bonds is 4. The summed E-state index contributed by atoms with van der Waals surface area (Å²) in [5, 5.41) is 0. The van der Waals surface area contributed by atoms with Crippen molar-refractivity contribution >= 4 is 0 Å². The predicted octanol–water partition coefficient (Wildman–Crippen LogP) is 3.12. The molecule has 1 saturated heterocycles. The third-order valence-electron chi connectivity index (χ3n) is 5.17. The molecule has 2 fully saturated rings. The Hall–Kier alpha value is -0.930. The fourth-order valence-corrected chi connectivity index (χ4v) is 4.36. The van der Waals surface area contributed by atoms with Gasteiger partial charge < -0.3 is 5.73 Å². The van der Waals surface area contributed by atoms with Crippen LogP contribution in [0.25, 0.3) is 0 Å². The summed E-state index contributed by atoms with van der Waals surface area (Å²) >= 11 is 0. The molecule has 1 aliphatic heterocycles. The number of hydrogen-bond donors (Lipinski definition) is 1. The van der Waals surface area contributed by atoms with E-state index in [9.17, 15) is 0 Å². The van der Waals surface area contributed by atoms with Crippen LogP contribution in [0.15, 0.2) is 24.5 Å². The van der Waals surface area contributed by atoms with Gasteiger partial charge in [-0.3, -0.25) is 9.88 Å². The Labute approximate surface area is 122 Å². The maximum absolute atomic E-state index is 6.34. The predicted molar refractivity (Wildman–Crippen MR) is 82.3 cm³/mol. The minimum Gasteiger partial charge on any atom is -0.326 e. The van der Waals surface area contributed by atoms with Gasteiger partial charge in [0.1, 0.15) is 0 Å². The van der Waals surface area contributed by atoms with E-state index >= 15 is 0 Å². The molecular formula is C17H27N3. The van der Waals surface area contributed by atoms with E-state index in [2.05, 4.69) is 22.9 Å². The molecule has 3 unspecified atom stereocenters. The first-order chi connectivity index (χ1) is 9.77. The van der Waals surface area contributed by atoms with Gasteiger partial charge in [-0.25, -0.2) is 0 Å². The van der Waals surface area contributed by atoms with Crippen LogP contribution in [0.3, 0.4) is 0 Å². The van der Waals surface area contributed by atoms with Crippen LogP contribution in [0.4, 0.5) is 0 Å². The summed E-state index contributed by atoms with van der Waals surface area (Å²) in [6.07, 6.45) is 12.2. The standard InChI is InChI=1S/C17H27N3/c1-13(18)17(15-8-4-10-19-12-15)20-11-5-9-16(20)14-6-2-3-7-14/h4,8,10,12-14,16-17H,2-3,5-7,9,11,18H2,1H3. The fourth-order valence-electron chi connectivity index (χ4n) is 4.36. The highest BCUT2D eigenvalue weighted by Gasteiger charge is 2.38. The van der Waals surface area contributed by atoms with Gasteiger partial charge in [-0.2, -0.15) is 0 Å². The molecule has 0 bridgehead atoms. The Morgan fingerprint density at radius 2 is 2.05 bits per heavy atom. The van der Waals surface area contributed by atoms with Gasteiger partial charge in [0.15, 0.2) is 0 Å². The number of hydrogen-bond acceptors (Lipinski definition) is 3. The molecule has 3 nitrogen and oxygen atoms in total. The molecule has 1 saturated carbocycles. The van der Waals surface area contributed by atoms with Crippen LogP contribution >= 0.6 is 0 Å². The summed E-state index contributed by atoms with van der Waals surface area (Å²) in [6, 6.07) is 5.45. The lowest BCUT2D eigenvalue weighted by atomic mass is 9.92. The van der Waals surface area contributed by atoms with Gasteiger partial charge in [0.25, 0.3) is 0 Å². The van der Waals surface area contributed by atoms with E-state index < -0.39 is 0 Å². The van der Waals surface area contributed by atoms with E-state index in [4.69, 9.17) is 5.73 Å². The molecule has 0 spiro atoms. The van der Waals surface area contributed by atoms with Gasteiger partial charge in [-0.1, -0.05) is 18.9 Å². The zero-order valence-corrected chi connectivity index (χ0v) is 12.5. The van der Waals surface area contributed by atoms with Gasteiger partial charge >= 0.3 is 0 Å². The van der Waals surface area contributed by atoms with E-state index in [0.29, 0.717) is 6.04 Å². The second-order valence-corrected chi connectivity index (χ2v) is 6.58. The van der Waals surface area contributed by atoms with Crippen molar-refractivity contribution in [2.75, 3.05) is 6.54 Å². The fraction of sp³-hybridized carbons (Fsp3) is 0.706. The van der Waals surface area contributed by atoms with E-state index in [-0.39, 0.29) is 6.04 Å². The van der Waals surface area contributed by atoms with Crippen molar-refractivity contribution in [2.45, 2.75) is 63.6 Å². The van der Waals surface area contributed by atoms with Crippen LogP contribution in [0, 0.1) is 5.92 Å². The summed E-state index contributed by atoms with van der Waals surface area (Å²) in [5.74, 6) is 0.899. The molecule has 3 heteroatoms. The number of likely N-dealkylation sites (tertiary alicyclic amines) is 1. The molecule has 2 aliphatic rings. The van der Waals surface area contributed by atoms with Crippen molar-refractivity contribution < 1.29 is 0 Å². The third-order valence-corrected chi connectivity index (χ3v) is 5.17. The van der Waals surface area contributed by atoms with Crippen molar-refractivity contribution in [3.8, 4) is 0 Å². The van der Waals surface area contributed by atoms with Crippen LogP contribution in [0.2, 0.25) is 0 Å². The van der Waals surface area contributed by atoms with Crippen molar-refractivity contribution in [1.82, 2.24) is 9.88 Å². The van der Waals surface area contributed by atoms with Gasteiger partial charge in [-0.05, 0) is 56.7 Å². The van der Waals surface area contributed by atoms with Gasteiger partial charge in [0.2, 0.25) is 0 Å². The molecule has 3 rings (SSSR count). The van der Waals surface area contributed by atoms with Crippen LogP contribution in [-0.2, 0) is 0 Å². The number of nitrogens with two attached hydrogens (primary N) is 1. The lowest BCUT2D eigenvalue weighted by molar-refractivity contribution is 0.120. The van der Waals surface area contributed by atoms with E-state index in [0.717, 1.165) is 12.0 Å². The first-order valence-corrected chi connectivity index (χ1v) is 8.18. The number of aromatic nitrogens is 1. The highest BCUT2D eigenvalue weighted by atomic mass is 15.2. The van der Waals surface area contributed by atoms with Gasteiger partial charge in [0.05, 0.1) is 6.04 Å². The molecule has 1 aromatic heterocycles. The third kappa shape index (κ3) is 2.75. The SMILES string of the molecule is CC(N)C(c1cccnc1)N1CCCC1C1CCCC1. The highest BCUT2D eigenvalue weighted by Crippen LogP contribution is 2.40. The summed E-state index contributed by atoms with van der Waals surface area (Å²) in [5.41, 5.74) is 7.62. The van der Waals surface area contributed by atoms with Crippen LogP contribution < -0.4 is 5.73 Å². The van der Waals surface area contributed by atoms with E-state index in [1.165, 1.54) is 50.6 Å². The Bertz CT molecular complexity index is 412. The molecule has 3 atom stereocenters. The lowest BCUT2D eigenvalue weighted by Gasteiger charge is -2.38. The van der Waals surface area contributed by atoms with Crippen LogP contribution in [0.5, 0.6) is 0 Å². The van der Waals surface area contributed by atoms with E-state index in [1.54, 1.807) is 0 Å². The average Bonchev–Trinajstić information content (AvgIpc) is 3.09. The van der Waals surface area contributed by atoms with Crippen molar-refractivity contribution in [3.05, 3.63) is 30.1 Å². The van der Waals surface area contributed by atoms with Crippen molar-refractivity contribution in [3.63, 3.8) is 0 Å². The topological polar surface area (TPSA) is 42.1 Å². The molecular weight excluding hydrogens is 246 g/mol. The molecule has 1 aliphatic carbocycles. The van der Waals surface area contributed by atoms with Crippen LogP contribution in [-0.4, -0.2) is 28.5 Å². The van der Waals surface area contributed by atoms with Crippen molar-refractivity contribution in [2.24, 2.45) is 11.7 Å². The summed E-state index contributed by atoms with van der Waals surface area (Å²) in [4.78, 5) is 6.99. The Balaban J connectivity index is 1.83. The normalized spacial score (nSPS) is 27.8. The smallest absolute Gasteiger partial charge is 0.0514 e. The quantitative estimate of drug-likeness (QED) is 0.916. The molecule has 0 radical (unpaired) electrons. The van der Waals surface area contributed by atoms with Crippen molar-refractivity contribution in [1.29, 1.82) is 0 Å². The minimum absolute atomic E-state index is 0.154. The van der Waals surface area contributed by atoms with E-state index in [1.807, 2.05) is 18.5 Å². The zero-order chi connectivity index (χ0) is 13.9. The molecule has 110 valence electrons. The molecule has 2 N–H and O–H groups in total. The highest BCUT2D eigenvalue weighted by molar-refractivity contribution is 5.17. The summed E-state index contributed by atoms with van der Waals surface area (Å²) < 4.78 is 0. The molecule has 20 heavy (non-hydrogen) atoms. The zero-order valence-electron chi connectivity index (χ0n) is 12.5. The first kappa shape index (κ1) is 14.0. The van der Waals surface area contributed by atoms with Gasteiger partial charge in [0, 0.05) is 24.5 Å². The van der Waals surface area contributed by atoms with Gasteiger partial charge in [-0.15, -0.1) is 0 Å². The maximum Gasteiger partial charge on any atom is 0.0514 e. The summed E-state index contributed by atoms with van der Waals surface area (Å²) in [6.45, 7) is 3.34. The molecule has 2 heterocycles. The van der Waals surface area contributed by atoms with Crippen LogP contribution in [0.1, 0.15) is 57.1 Å². The maximum atomic E-state index is 6.34. The molecule has 0 aromatic carbocycles. The number of pyridine rings is 1. The Morgan fingerprint density at radius 3 is 2.70 bits per heavy atom. The Kier molecular flexibility index (Phi) is 4.37. The lowest BCUT2D eigenvalue weighted by Crippen LogP contribution is -2.44. The minimum atomic E-state index is 0.154. The average molecular weight is 273 g/mol. The summed E-state index contributed by atoms with van der Waals surface area (Å²) in [7, 11) is 0. The molecule has 1 aromatic rings. The Morgan fingerprint density at radius 1 is 1.25 bits per heavy atom. The largest absolute Gasteiger partial charge is 0.326 e. The first-order valence-electron chi connectivity index (χ1n) is 8.18. The second-order valence-electron chi connectivity index (χ2n) is 6.58. The monoisotopic (exact) mass is 273 g/mol.